The molecule has 0 aliphatic carbocycles. The van der Waals surface area contributed by atoms with E-state index < -0.39 is 5.97 Å². The molecular weight excluding hydrogens is 298 g/mol. The van der Waals surface area contributed by atoms with E-state index in [0.29, 0.717) is 15.7 Å². The lowest BCUT2D eigenvalue weighted by atomic mass is 10.2. The van der Waals surface area contributed by atoms with Crippen LogP contribution in [0.2, 0.25) is 0 Å². The molecule has 0 fully saturated rings. The Morgan fingerprint density at radius 2 is 2.11 bits per heavy atom. The Balaban J connectivity index is 2.89. The number of carboxylic acids is 1. The maximum Gasteiger partial charge on any atom is 0.335 e. The third kappa shape index (κ3) is 3.70. The quantitative estimate of drug-likeness (QED) is 0.837. The first-order valence-electron chi connectivity index (χ1n) is 5.46. The van der Waals surface area contributed by atoms with Crippen molar-refractivity contribution >= 4 is 33.5 Å². The zero-order valence-corrected chi connectivity index (χ0v) is 11.7. The van der Waals surface area contributed by atoms with Gasteiger partial charge in [-0.2, -0.15) is 0 Å². The van der Waals surface area contributed by atoms with Gasteiger partial charge >= 0.3 is 5.97 Å². The summed E-state index contributed by atoms with van der Waals surface area (Å²) >= 11 is 3.23. The molecule has 0 bridgehead atoms. The monoisotopic (exact) mass is 311 g/mol. The largest absolute Gasteiger partial charge is 0.478 e. The number of hydrogen-bond acceptors (Lipinski definition) is 2. The van der Waals surface area contributed by atoms with E-state index in [1.165, 1.54) is 12.1 Å². The minimum absolute atomic E-state index is 0.167. The van der Waals surface area contributed by atoms with Crippen molar-refractivity contribution in [2.24, 2.45) is 0 Å². The van der Waals surface area contributed by atoms with Crippen molar-refractivity contribution in [2.45, 2.75) is 20.3 Å². The molecule has 96 valence electrons. The summed E-state index contributed by atoms with van der Waals surface area (Å²) in [4.78, 5) is 22.5. The van der Waals surface area contributed by atoms with Crippen LogP contribution in [-0.2, 0) is 4.79 Å². The standard InChI is InChI=1S/C13H14BrNO3/c1-3-4-8(2)12(16)15-11-6-5-9(13(17)18)7-10(11)14/h4-7H,3H2,1-2H3,(H,15,16)(H,17,18). The van der Waals surface area contributed by atoms with Gasteiger partial charge in [0.25, 0.3) is 5.91 Å². The Hall–Kier alpha value is -1.62. The van der Waals surface area contributed by atoms with Gasteiger partial charge in [-0.05, 0) is 47.5 Å². The summed E-state index contributed by atoms with van der Waals surface area (Å²) in [6.45, 7) is 3.69. The van der Waals surface area contributed by atoms with Crippen LogP contribution in [0.1, 0.15) is 30.6 Å². The van der Waals surface area contributed by atoms with Crippen LogP contribution in [0.5, 0.6) is 0 Å². The average Bonchev–Trinajstić information content (AvgIpc) is 2.31. The van der Waals surface area contributed by atoms with Crippen LogP contribution < -0.4 is 5.32 Å². The van der Waals surface area contributed by atoms with Crippen LogP contribution in [-0.4, -0.2) is 17.0 Å². The molecule has 5 heteroatoms. The van der Waals surface area contributed by atoms with Crippen LogP contribution in [0.4, 0.5) is 5.69 Å². The number of benzene rings is 1. The van der Waals surface area contributed by atoms with E-state index in [2.05, 4.69) is 21.2 Å². The molecule has 0 radical (unpaired) electrons. The minimum atomic E-state index is -1.00. The number of allylic oxidation sites excluding steroid dienone is 1. The van der Waals surface area contributed by atoms with Gasteiger partial charge in [0.1, 0.15) is 0 Å². The molecule has 4 nitrogen and oxygen atoms in total. The summed E-state index contributed by atoms with van der Waals surface area (Å²) in [6, 6.07) is 4.46. The molecule has 18 heavy (non-hydrogen) atoms. The second kappa shape index (κ2) is 6.35. The summed E-state index contributed by atoms with van der Waals surface area (Å²) in [7, 11) is 0. The van der Waals surface area contributed by atoms with Crippen LogP contribution in [0, 0.1) is 0 Å². The topological polar surface area (TPSA) is 66.4 Å². The Morgan fingerprint density at radius 3 is 2.61 bits per heavy atom. The molecule has 1 aromatic rings. The van der Waals surface area contributed by atoms with E-state index in [-0.39, 0.29) is 11.5 Å². The van der Waals surface area contributed by atoms with Crippen molar-refractivity contribution in [1.29, 1.82) is 0 Å². The highest BCUT2D eigenvalue weighted by atomic mass is 79.9. The number of carbonyl (C=O) groups is 2. The van der Waals surface area contributed by atoms with E-state index in [1.54, 1.807) is 13.0 Å². The molecule has 0 unspecified atom stereocenters. The first-order valence-corrected chi connectivity index (χ1v) is 6.26. The molecule has 0 aliphatic rings. The third-order valence-corrected chi connectivity index (χ3v) is 2.99. The summed E-state index contributed by atoms with van der Waals surface area (Å²) in [5.41, 5.74) is 1.35. The van der Waals surface area contributed by atoms with Crippen molar-refractivity contribution in [2.75, 3.05) is 5.32 Å². The molecule has 1 aromatic carbocycles. The lowest BCUT2D eigenvalue weighted by molar-refractivity contribution is -0.112. The fourth-order valence-electron chi connectivity index (χ4n) is 1.37. The molecular formula is C13H14BrNO3. The van der Waals surface area contributed by atoms with Gasteiger partial charge in [-0.1, -0.05) is 13.0 Å². The van der Waals surface area contributed by atoms with Gasteiger partial charge < -0.3 is 10.4 Å². The zero-order chi connectivity index (χ0) is 13.7. The van der Waals surface area contributed by atoms with Crippen LogP contribution in [0.3, 0.4) is 0 Å². The SMILES string of the molecule is CCC=C(C)C(=O)Nc1ccc(C(=O)O)cc1Br. The summed E-state index contributed by atoms with van der Waals surface area (Å²) in [5, 5.41) is 11.5. The molecule has 0 spiro atoms. The predicted molar refractivity (Wildman–Crippen MR) is 73.8 cm³/mol. The number of nitrogens with one attached hydrogen (secondary N) is 1. The minimum Gasteiger partial charge on any atom is -0.478 e. The van der Waals surface area contributed by atoms with Gasteiger partial charge in [-0.15, -0.1) is 0 Å². The van der Waals surface area contributed by atoms with Crippen molar-refractivity contribution in [1.82, 2.24) is 0 Å². The predicted octanol–water partition coefficient (Wildman–Crippen LogP) is 3.44. The number of anilines is 1. The number of carboxylic acid groups (broad SMARTS) is 1. The molecule has 0 heterocycles. The highest BCUT2D eigenvalue weighted by molar-refractivity contribution is 9.10. The molecule has 2 N–H and O–H groups in total. The first-order chi connectivity index (χ1) is 8.45. The normalized spacial score (nSPS) is 11.2. The van der Waals surface area contributed by atoms with Gasteiger partial charge in [0.2, 0.25) is 0 Å². The molecule has 0 aromatic heterocycles. The molecule has 1 rings (SSSR count). The van der Waals surface area contributed by atoms with E-state index in [0.717, 1.165) is 6.42 Å². The number of halogens is 1. The maximum absolute atomic E-state index is 11.8. The first kappa shape index (κ1) is 14.4. The fourth-order valence-corrected chi connectivity index (χ4v) is 1.85. The Kier molecular flexibility index (Phi) is 5.09. The second-order valence-electron chi connectivity index (χ2n) is 3.75. The van der Waals surface area contributed by atoms with Gasteiger partial charge in [0.05, 0.1) is 11.3 Å². The fraction of sp³-hybridized carbons (Fsp3) is 0.231. The Labute approximate surface area is 114 Å². The summed E-state index contributed by atoms with van der Waals surface area (Å²) in [5.74, 6) is -1.20. The molecule has 0 saturated heterocycles. The smallest absolute Gasteiger partial charge is 0.335 e. The Bertz CT molecular complexity index is 509. The van der Waals surface area contributed by atoms with E-state index in [9.17, 15) is 9.59 Å². The van der Waals surface area contributed by atoms with Gasteiger partial charge in [0.15, 0.2) is 0 Å². The lowest BCUT2D eigenvalue weighted by Crippen LogP contribution is -2.13. The Morgan fingerprint density at radius 1 is 1.44 bits per heavy atom. The number of aromatic carboxylic acids is 1. The number of hydrogen-bond donors (Lipinski definition) is 2. The average molecular weight is 312 g/mol. The molecule has 0 saturated carbocycles. The third-order valence-electron chi connectivity index (χ3n) is 2.33. The molecule has 1 amide bonds. The van der Waals surface area contributed by atoms with Crippen LogP contribution >= 0.6 is 15.9 Å². The molecule has 0 atom stereocenters. The highest BCUT2D eigenvalue weighted by Crippen LogP contribution is 2.24. The highest BCUT2D eigenvalue weighted by Gasteiger charge is 2.10. The van der Waals surface area contributed by atoms with E-state index in [1.807, 2.05) is 13.0 Å². The molecule has 0 aliphatic heterocycles. The van der Waals surface area contributed by atoms with Gasteiger partial charge in [0, 0.05) is 10.0 Å². The zero-order valence-electron chi connectivity index (χ0n) is 10.2. The van der Waals surface area contributed by atoms with Gasteiger partial charge in [-0.3, -0.25) is 4.79 Å². The van der Waals surface area contributed by atoms with Crippen molar-refractivity contribution in [3.63, 3.8) is 0 Å². The number of amides is 1. The van der Waals surface area contributed by atoms with Crippen molar-refractivity contribution in [3.05, 3.63) is 39.9 Å². The van der Waals surface area contributed by atoms with E-state index in [4.69, 9.17) is 5.11 Å². The van der Waals surface area contributed by atoms with E-state index >= 15 is 0 Å². The second-order valence-corrected chi connectivity index (χ2v) is 4.60. The van der Waals surface area contributed by atoms with Crippen LogP contribution in [0.15, 0.2) is 34.3 Å². The summed E-state index contributed by atoms with van der Waals surface area (Å²) in [6.07, 6.45) is 2.62. The maximum atomic E-state index is 11.8. The van der Waals surface area contributed by atoms with Crippen molar-refractivity contribution in [3.8, 4) is 0 Å². The number of rotatable bonds is 4. The van der Waals surface area contributed by atoms with Gasteiger partial charge in [-0.25, -0.2) is 4.79 Å². The summed E-state index contributed by atoms with van der Waals surface area (Å²) < 4.78 is 0.542. The van der Waals surface area contributed by atoms with Crippen LogP contribution in [0.25, 0.3) is 0 Å². The number of carbonyl (C=O) groups excluding carboxylic acids is 1. The van der Waals surface area contributed by atoms with Crippen molar-refractivity contribution < 1.29 is 14.7 Å². The lowest BCUT2D eigenvalue weighted by Gasteiger charge is -2.08.